The number of esters is 3. The highest BCUT2D eigenvalue weighted by molar-refractivity contribution is 5.74. The fourth-order valence-corrected chi connectivity index (χ4v) is 9.30. The highest BCUT2D eigenvalue weighted by atomic mass is 16.7. The quantitative estimate of drug-likeness (QED) is 0.0228. The lowest BCUT2D eigenvalue weighted by atomic mass is 9.98. The predicted octanol–water partition coefficient (Wildman–Crippen LogP) is 16.3. The molecule has 0 spiro atoms. The van der Waals surface area contributed by atoms with Gasteiger partial charge in [0.1, 0.15) is 18.8 Å². The summed E-state index contributed by atoms with van der Waals surface area (Å²) in [5.74, 6) is -3.17. The Balaban J connectivity index is 2.68. The van der Waals surface area contributed by atoms with Crippen molar-refractivity contribution in [1.82, 2.24) is 0 Å². The number of aliphatic carboxylic acids is 1. The lowest BCUT2D eigenvalue weighted by Gasteiger charge is -2.40. The summed E-state index contributed by atoms with van der Waals surface area (Å²) >= 11 is 0. The third kappa shape index (κ3) is 43.0. The van der Waals surface area contributed by atoms with Crippen LogP contribution in [0.2, 0.25) is 0 Å². The fourth-order valence-electron chi connectivity index (χ4n) is 9.30. The normalized spacial score (nSPS) is 18.4. The monoisotopic (exact) mass is 1080 g/mol. The Labute approximate surface area is 468 Å². The summed E-state index contributed by atoms with van der Waals surface area (Å²) in [6, 6.07) is 0. The first-order valence-corrected chi connectivity index (χ1v) is 31.3. The highest BCUT2D eigenvalue weighted by Gasteiger charge is 2.50. The molecule has 6 unspecified atom stereocenters. The molecule has 1 aliphatic rings. The standard InChI is InChI=1S/C65H112O12/c1-4-7-10-13-16-19-22-25-27-28-29-30-32-34-36-39-42-45-48-51-57(66)73-54-56(75-58(67)52-49-46-43-40-38-35-31-26-23-20-17-14-11-8-5-2)55-74-65-63(61(70)60(69)62(77-65)64(71)72)76-59(68)53-50-47-44-41-37-33-24-21-18-15-12-9-6-3/h8,11,17,20-21,24,26,31,38,40,56,60-63,65,69-70H,4-7,9-10,12-16,18-19,22-23,25,27-30,32-37,39,41-55H2,1-3H3,(H,71,72)/b11-8-,20-17-,24-21-,31-26-,40-38-. The van der Waals surface area contributed by atoms with Crippen LogP contribution >= 0.6 is 0 Å². The zero-order valence-electron chi connectivity index (χ0n) is 49.0. The Kier molecular flexibility index (Phi) is 49.2. The Morgan fingerprint density at radius 2 is 0.818 bits per heavy atom. The van der Waals surface area contributed by atoms with Gasteiger partial charge >= 0.3 is 23.9 Å². The summed E-state index contributed by atoms with van der Waals surface area (Å²) in [6.07, 6.45) is 53.4. The summed E-state index contributed by atoms with van der Waals surface area (Å²) in [4.78, 5) is 51.2. The molecule has 1 aliphatic heterocycles. The molecule has 444 valence electrons. The van der Waals surface area contributed by atoms with E-state index in [4.69, 9.17) is 23.7 Å². The van der Waals surface area contributed by atoms with Crippen molar-refractivity contribution >= 4 is 23.9 Å². The van der Waals surface area contributed by atoms with E-state index in [-0.39, 0.29) is 25.9 Å². The van der Waals surface area contributed by atoms with E-state index in [9.17, 15) is 34.5 Å². The van der Waals surface area contributed by atoms with E-state index in [2.05, 4.69) is 81.5 Å². The van der Waals surface area contributed by atoms with Crippen molar-refractivity contribution in [1.29, 1.82) is 0 Å². The van der Waals surface area contributed by atoms with Gasteiger partial charge in [0.2, 0.25) is 0 Å². The predicted molar refractivity (Wildman–Crippen MR) is 312 cm³/mol. The maximum atomic E-state index is 13.1. The van der Waals surface area contributed by atoms with Gasteiger partial charge in [-0.1, -0.05) is 236 Å². The second-order valence-electron chi connectivity index (χ2n) is 21.3. The number of ether oxygens (including phenoxy) is 5. The summed E-state index contributed by atoms with van der Waals surface area (Å²) in [6.45, 7) is 5.85. The topological polar surface area (TPSA) is 175 Å². The third-order valence-corrected chi connectivity index (χ3v) is 14.1. The molecule has 77 heavy (non-hydrogen) atoms. The SMILES string of the molecule is CC/C=C\C/C=C\C/C=C\C/C=C\CCCCC(=O)OC(COC(=O)CCCCCCCCCCCCCCCCCCCCC)COC1OC(C(=O)O)C(O)C(O)C1OC(=O)CCCCCCC/C=C\CCCCCC. The van der Waals surface area contributed by atoms with Crippen molar-refractivity contribution in [3.05, 3.63) is 60.8 Å². The van der Waals surface area contributed by atoms with Crippen LogP contribution in [0.3, 0.4) is 0 Å². The largest absolute Gasteiger partial charge is 0.479 e. The van der Waals surface area contributed by atoms with Gasteiger partial charge in [-0.15, -0.1) is 0 Å². The molecule has 0 saturated carbocycles. The molecule has 1 rings (SSSR count). The Morgan fingerprint density at radius 3 is 1.30 bits per heavy atom. The molecule has 6 atom stereocenters. The molecule has 0 amide bonds. The second-order valence-corrected chi connectivity index (χ2v) is 21.3. The van der Waals surface area contributed by atoms with Crippen LogP contribution in [0.25, 0.3) is 0 Å². The van der Waals surface area contributed by atoms with Crippen LogP contribution in [0.5, 0.6) is 0 Å². The van der Waals surface area contributed by atoms with Gasteiger partial charge < -0.3 is 39.0 Å². The Morgan fingerprint density at radius 1 is 0.442 bits per heavy atom. The van der Waals surface area contributed by atoms with E-state index in [0.717, 1.165) is 96.3 Å². The van der Waals surface area contributed by atoms with Gasteiger partial charge in [0.05, 0.1) is 6.61 Å². The minimum Gasteiger partial charge on any atom is -0.479 e. The zero-order valence-corrected chi connectivity index (χ0v) is 49.0. The number of carboxylic acid groups (broad SMARTS) is 1. The van der Waals surface area contributed by atoms with Gasteiger partial charge in [-0.3, -0.25) is 14.4 Å². The van der Waals surface area contributed by atoms with Crippen molar-refractivity contribution in [2.45, 2.75) is 314 Å². The summed E-state index contributed by atoms with van der Waals surface area (Å²) < 4.78 is 28.4. The molecule has 3 N–H and O–H groups in total. The van der Waals surface area contributed by atoms with Crippen LogP contribution in [0.1, 0.15) is 278 Å². The average molecular weight is 1090 g/mol. The number of hydrogen-bond acceptors (Lipinski definition) is 11. The average Bonchev–Trinajstić information content (AvgIpc) is 3.41. The zero-order chi connectivity index (χ0) is 56.1. The van der Waals surface area contributed by atoms with Gasteiger partial charge in [-0.05, 0) is 83.5 Å². The molecule has 1 fully saturated rings. The minimum absolute atomic E-state index is 0.0457. The molecule has 1 heterocycles. The van der Waals surface area contributed by atoms with Crippen molar-refractivity contribution in [2.24, 2.45) is 0 Å². The first-order valence-electron chi connectivity index (χ1n) is 31.3. The number of rotatable bonds is 53. The molecule has 12 heteroatoms. The second kappa shape index (κ2) is 53.1. The van der Waals surface area contributed by atoms with E-state index in [0.29, 0.717) is 19.3 Å². The first-order chi connectivity index (χ1) is 37.6. The summed E-state index contributed by atoms with van der Waals surface area (Å²) in [7, 11) is 0. The number of carboxylic acids is 1. The molecule has 0 aliphatic carbocycles. The lowest BCUT2D eigenvalue weighted by Crippen LogP contribution is -2.61. The maximum absolute atomic E-state index is 13.1. The van der Waals surface area contributed by atoms with E-state index in [1.807, 2.05) is 0 Å². The number of aliphatic hydroxyl groups excluding tert-OH is 2. The summed E-state index contributed by atoms with van der Waals surface area (Å²) in [5, 5.41) is 31.5. The molecular weight excluding hydrogens is 973 g/mol. The molecule has 0 bridgehead atoms. The lowest BCUT2D eigenvalue weighted by molar-refractivity contribution is -0.301. The van der Waals surface area contributed by atoms with Crippen LogP contribution in [-0.4, -0.2) is 89.2 Å². The minimum atomic E-state index is -1.91. The molecule has 12 nitrogen and oxygen atoms in total. The van der Waals surface area contributed by atoms with Gasteiger partial charge in [0, 0.05) is 19.3 Å². The van der Waals surface area contributed by atoms with Gasteiger partial charge in [-0.25, -0.2) is 4.79 Å². The molecule has 0 aromatic rings. The fraction of sp³-hybridized carbons (Fsp3) is 0.785. The van der Waals surface area contributed by atoms with E-state index in [1.165, 1.54) is 122 Å². The number of carbonyl (C=O) groups is 4. The van der Waals surface area contributed by atoms with Crippen molar-refractivity contribution in [3.63, 3.8) is 0 Å². The molecule has 1 saturated heterocycles. The van der Waals surface area contributed by atoms with Crippen LogP contribution in [0.4, 0.5) is 0 Å². The number of allylic oxidation sites excluding steroid dienone is 10. The number of hydrogen-bond donors (Lipinski definition) is 3. The molecule has 0 aromatic carbocycles. The summed E-state index contributed by atoms with van der Waals surface area (Å²) in [5.41, 5.74) is 0. The first kappa shape index (κ1) is 71.4. The van der Waals surface area contributed by atoms with Crippen LogP contribution in [-0.2, 0) is 42.9 Å². The number of unbranched alkanes of at least 4 members (excludes halogenated alkanes) is 29. The maximum Gasteiger partial charge on any atom is 0.335 e. The Bertz CT molecular complexity index is 1570. The van der Waals surface area contributed by atoms with Crippen LogP contribution in [0, 0.1) is 0 Å². The highest BCUT2D eigenvalue weighted by Crippen LogP contribution is 2.26. The molecular formula is C65H112O12. The third-order valence-electron chi connectivity index (χ3n) is 14.1. The van der Waals surface area contributed by atoms with Gasteiger partial charge in [0.15, 0.2) is 24.6 Å². The molecule has 0 radical (unpaired) electrons. The van der Waals surface area contributed by atoms with Crippen molar-refractivity contribution in [3.8, 4) is 0 Å². The Hall–Kier alpha value is -3.58. The smallest absolute Gasteiger partial charge is 0.335 e. The van der Waals surface area contributed by atoms with Crippen LogP contribution in [0.15, 0.2) is 60.8 Å². The van der Waals surface area contributed by atoms with E-state index >= 15 is 0 Å². The van der Waals surface area contributed by atoms with Crippen LogP contribution < -0.4 is 0 Å². The van der Waals surface area contributed by atoms with Crippen molar-refractivity contribution in [2.75, 3.05) is 13.2 Å². The van der Waals surface area contributed by atoms with E-state index in [1.54, 1.807) is 0 Å². The number of aliphatic hydroxyl groups is 2. The van der Waals surface area contributed by atoms with Crippen molar-refractivity contribution < 1.29 is 58.2 Å². The number of carbonyl (C=O) groups excluding carboxylic acids is 3. The van der Waals surface area contributed by atoms with Gasteiger partial charge in [-0.2, -0.15) is 0 Å². The van der Waals surface area contributed by atoms with E-state index < -0.39 is 67.3 Å². The van der Waals surface area contributed by atoms with Gasteiger partial charge in [0.25, 0.3) is 0 Å². The molecule has 0 aromatic heterocycles.